The minimum absolute atomic E-state index is 0.204. The molecular weight excluding hydrogens is 398 g/mol. The fourth-order valence-corrected chi connectivity index (χ4v) is 2.71. The van der Waals surface area contributed by atoms with Crippen molar-refractivity contribution in [3.63, 3.8) is 0 Å². The number of carbonyl (C=O) groups is 2. The molecule has 0 aromatic heterocycles. The molecule has 2 atom stereocenters. The molecule has 30 heavy (non-hydrogen) atoms. The Bertz CT molecular complexity index is 635. The van der Waals surface area contributed by atoms with Crippen molar-refractivity contribution in [2.75, 3.05) is 47.1 Å². The van der Waals surface area contributed by atoms with E-state index in [0.29, 0.717) is 19.8 Å². The Balaban J connectivity index is 0.000000656. The standard InChI is InChI=1S/C18H29NO5.C2H2O4/c1-21-17-6-5-14(10-18(17)22-2)7-8-19-11-15(20)12-23-13-16-4-3-9-24-16;3-1(4)2(5)6/h5-6,10,15-16,19-20H,3-4,7-9,11-13H2,1-2H3;(H,3,4)(H,5,6). The third-order valence-electron chi connectivity index (χ3n) is 4.24. The molecule has 0 amide bonds. The molecule has 2 rings (SSSR count). The molecule has 1 saturated heterocycles. The van der Waals surface area contributed by atoms with Crippen molar-refractivity contribution in [3.8, 4) is 11.5 Å². The fraction of sp³-hybridized carbons (Fsp3) is 0.600. The summed E-state index contributed by atoms with van der Waals surface area (Å²) >= 11 is 0. The van der Waals surface area contributed by atoms with Crippen molar-refractivity contribution in [1.82, 2.24) is 5.32 Å². The van der Waals surface area contributed by atoms with E-state index in [9.17, 15) is 5.11 Å². The molecule has 0 saturated carbocycles. The summed E-state index contributed by atoms with van der Waals surface area (Å²) < 4.78 is 21.5. The molecule has 10 nitrogen and oxygen atoms in total. The SMILES string of the molecule is COc1ccc(CCNCC(O)COCC2CCCO2)cc1OC.O=C(O)C(=O)O. The largest absolute Gasteiger partial charge is 0.493 e. The summed E-state index contributed by atoms with van der Waals surface area (Å²) in [5.74, 6) is -2.18. The van der Waals surface area contributed by atoms with E-state index < -0.39 is 18.0 Å². The van der Waals surface area contributed by atoms with Crippen LogP contribution in [0.4, 0.5) is 0 Å². The van der Waals surface area contributed by atoms with Gasteiger partial charge in [-0.15, -0.1) is 0 Å². The van der Waals surface area contributed by atoms with E-state index in [1.54, 1.807) is 14.2 Å². The van der Waals surface area contributed by atoms with Crippen LogP contribution >= 0.6 is 0 Å². The van der Waals surface area contributed by atoms with Crippen LogP contribution in [0.25, 0.3) is 0 Å². The van der Waals surface area contributed by atoms with Gasteiger partial charge in [-0.05, 0) is 43.5 Å². The van der Waals surface area contributed by atoms with E-state index in [0.717, 1.165) is 49.5 Å². The summed E-state index contributed by atoms with van der Waals surface area (Å²) in [5.41, 5.74) is 1.16. The van der Waals surface area contributed by atoms with Gasteiger partial charge in [0.05, 0.1) is 39.6 Å². The van der Waals surface area contributed by atoms with E-state index in [-0.39, 0.29) is 6.10 Å². The second-order valence-electron chi connectivity index (χ2n) is 6.58. The van der Waals surface area contributed by atoms with Gasteiger partial charge in [-0.1, -0.05) is 6.07 Å². The molecule has 1 heterocycles. The highest BCUT2D eigenvalue weighted by Crippen LogP contribution is 2.27. The molecule has 1 aliphatic heterocycles. The van der Waals surface area contributed by atoms with Gasteiger partial charge >= 0.3 is 11.9 Å². The number of hydrogen-bond donors (Lipinski definition) is 4. The summed E-state index contributed by atoms with van der Waals surface area (Å²) in [6.45, 7) is 3.03. The highest BCUT2D eigenvalue weighted by atomic mass is 16.5. The summed E-state index contributed by atoms with van der Waals surface area (Å²) in [6, 6.07) is 5.90. The number of hydrogen-bond acceptors (Lipinski definition) is 8. The summed E-state index contributed by atoms with van der Waals surface area (Å²) in [7, 11) is 3.26. The van der Waals surface area contributed by atoms with Crippen LogP contribution in [-0.2, 0) is 25.5 Å². The molecule has 10 heteroatoms. The van der Waals surface area contributed by atoms with Gasteiger partial charge in [0.25, 0.3) is 0 Å². The molecule has 1 aliphatic rings. The molecule has 0 radical (unpaired) electrons. The first-order valence-electron chi connectivity index (χ1n) is 9.62. The number of carboxylic acids is 2. The maximum atomic E-state index is 9.91. The number of aliphatic hydroxyl groups excluding tert-OH is 1. The Kier molecular flexibility index (Phi) is 12.4. The van der Waals surface area contributed by atoms with E-state index in [1.807, 2.05) is 18.2 Å². The highest BCUT2D eigenvalue weighted by molar-refractivity contribution is 6.27. The van der Waals surface area contributed by atoms with Gasteiger partial charge in [0.1, 0.15) is 0 Å². The Morgan fingerprint density at radius 3 is 2.47 bits per heavy atom. The van der Waals surface area contributed by atoms with Crippen LogP contribution in [0.1, 0.15) is 18.4 Å². The number of aliphatic hydroxyl groups is 1. The summed E-state index contributed by atoms with van der Waals surface area (Å²) in [4.78, 5) is 18.2. The molecule has 0 spiro atoms. The van der Waals surface area contributed by atoms with Crippen LogP contribution < -0.4 is 14.8 Å². The van der Waals surface area contributed by atoms with Crippen LogP contribution in [0.2, 0.25) is 0 Å². The van der Waals surface area contributed by atoms with Crippen molar-refractivity contribution in [2.24, 2.45) is 0 Å². The molecule has 2 unspecified atom stereocenters. The Hall–Kier alpha value is -2.40. The average Bonchev–Trinajstić information content (AvgIpc) is 3.25. The number of carboxylic acid groups (broad SMARTS) is 2. The lowest BCUT2D eigenvalue weighted by Gasteiger charge is -2.15. The summed E-state index contributed by atoms with van der Waals surface area (Å²) in [5, 5.41) is 27.9. The quantitative estimate of drug-likeness (QED) is 0.291. The van der Waals surface area contributed by atoms with Crippen molar-refractivity contribution in [1.29, 1.82) is 0 Å². The lowest BCUT2D eigenvalue weighted by atomic mass is 10.1. The maximum Gasteiger partial charge on any atom is 0.414 e. The summed E-state index contributed by atoms with van der Waals surface area (Å²) in [6.07, 6.45) is 2.71. The number of benzene rings is 1. The third kappa shape index (κ3) is 10.4. The first kappa shape index (κ1) is 25.6. The van der Waals surface area contributed by atoms with Gasteiger partial charge in [-0.2, -0.15) is 0 Å². The second-order valence-corrected chi connectivity index (χ2v) is 6.58. The molecule has 4 N–H and O–H groups in total. The maximum absolute atomic E-state index is 9.91. The Morgan fingerprint density at radius 2 is 1.90 bits per heavy atom. The molecule has 0 bridgehead atoms. The smallest absolute Gasteiger partial charge is 0.414 e. The number of aliphatic carboxylic acids is 2. The van der Waals surface area contributed by atoms with Gasteiger partial charge in [0, 0.05) is 13.2 Å². The Labute approximate surface area is 175 Å². The Morgan fingerprint density at radius 1 is 1.20 bits per heavy atom. The average molecular weight is 429 g/mol. The van der Waals surface area contributed by atoms with Gasteiger partial charge in [0.2, 0.25) is 0 Å². The predicted octanol–water partition coefficient (Wildman–Crippen LogP) is 0.548. The van der Waals surface area contributed by atoms with Gasteiger partial charge in [0.15, 0.2) is 11.5 Å². The normalized spacial score (nSPS) is 16.3. The lowest BCUT2D eigenvalue weighted by Crippen LogP contribution is -2.32. The van der Waals surface area contributed by atoms with E-state index in [4.69, 9.17) is 38.7 Å². The molecule has 170 valence electrons. The lowest BCUT2D eigenvalue weighted by molar-refractivity contribution is -0.159. The first-order valence-corrected chi connectivity index (χ1v) is 9.62. The fourth-order valence-electron chi connectivity index (χ4n) is 2.71. The zero-order chi connectivity index (χ0) is 22.4. The number of ether oxygens (including phenoxy) is 4. The van der Waals surface area contributed by atoms with Crippen LogP contribution in [0.3, 0.4) is 0 Å². The first-order chi connectivity index (χ1) is 14.4. The molecule has 0 aliphatic carbocycles. The minimum atomic E-state index is -1.82. The van der Waals surface area contributed by atoms with Crippen LogP contribution in [0, 0.1) is 0 Å². The van der Waals surface area contributed by atoms with Crippen molar-refractivity contribution < 1.29 is 43.9 Å². The number of rotatable bonds is 11. The van der Waals surface area contributed by atoms with E-state index >= 15 is 0 Å². The number of methoxy groups -OCH3 is 2. The monoisotopic (exact) mass is 429 g/mol. The zero-order valence-corrected chi connectivity index (χ0v) is 17.3. The molecule has 1 aromatic rings. The van der Waals surface area contributed by atoms with Crippen molar-refractivity contribution in [3.05, 3.63) is 23.8 Å². The number of nitrogens with one attached hydrogen (secondary N) is 1. The molecular formula is C20H31NO9. The zero-order valence-electron chi connectivity index (χ0n) is 17.3. The van der Waals surface area contributed by atoms with Crippen LogP contribution in [0.5, 0.6) is 11.5 Å². The van der Waals surface area contributed by atoms with Crippen molar-refractivity contribution in [2.45, 2.75) is 31.5 Å². The van der Waals surface area contributed by atoms with Crippen LogP contribution in [-0.4, -0.2) is 86.6 Å². The second kappa shape index (κ2) is 14.6. The van der Waals surface area contributed by atoms with E-state index in [1.165, 1.54) is 0 Å². The minimum Gasteiger partial charge on any atom is -0.493 e. The topological polar surface area (TPSA) is 144 Å². The third-order valence-corrected chi connectivity index (χ3v) is 4.24. The predicted molar refractivity (Wildman–Crippen MR) is 107 cm³/mol. The van der Waals surface area contributed by atoms with Gasteiger partial charge in [-0.3, -0.25) is 0 Å². The van der Waals surface area contributed by atoms with Crippen LogP contribution in [0.15, 0.2) is 18.2 Å². The van der Waals surface area contributed by atoms with E-state index in [2.05, 4.69) is 5.32 Å². The van der Waals surface area contributed by atoms with Crippen molar-refractivity contribution >= 4 is 11.9 Å². The molecule has 1 aromatic carbocycles. The molecule has 1 fully saturated rings. The highest BCUT2D eigenvalue weighted by Gasteiger charge is 2.16. The van der Waals surface area contributed by atoms with Gasteiger partial charge < -0.3 is 39.6 Å². The van der Waals surface area contributed by atoms with Gasteiger partial charge in [-0.25, -0.2) is 9.59 Å².